The lowest BCUT2D eigenvalue weighted by Gasteiger charge is -2.30. The van der Waals surface area contributed by atoms with E-state index in [1.165, 1.54) is 0 Å². The van der Waals surface area contributed by atoms with Gasteiger partial charge in [0, 0.05) is 35.7 Å². The Labute approximate surface area is 154 Å². The zero-order chi connectivity index (χ0) is 18.4. The van der Waals surface area contributed by atoms with Crippen molar-refractivity contribution in [3.8, 4) is 11.5 Å². The molecule has 7 heteroatoms. The Morgan fingerprint density at radius 2 is 2.00 bits per heavy atom. The zero-order valence-electron chi connectivity index (χ0n) is 15.4. The lowest BCUT2D eigenvalue weighted by molar-refractivity contribution is 0.298. The highest BCUT2D eigenvalue weighted by molar-refractivity contribution is 7.80. The standard InChI is InChI=1S/C18H26N4O2S/c1-13(11-18(2,3)22-9-8-19-12-22)20-17(25)21-14-6-7-15(23-4)16(10-14)24-5/h6-10,12-13H,11H2,1-5H3,(H2,20,21,25). The Hall–Kier alpha value is -2.28. The molecule has 1 atom stereocenters. The Morgan fingerprint density at radius 3 is 2.60 bits per heavy atom. The summed E-state index contributed by atoms with van der Waals surface area (Å²) in [7, 11) is 3.22. The van der Waals surface area contributed by atoms with Crippen LogP contribution in [0, 0.1) is 0 Å². The lowest BCUT2D eigenvalue weighted by atomic mass is 9.96. The van der Waals surface area contributed by atoms with Crippen LogP contribution < -0.4 is 20.1 Å². The van der Waals surface area contributed by atoms with Crippen LogP contribution in [-0.2, 0) is 5.54 Å². The van der Waals surface area contributed by atoms with Crippen LogP contribution in [0.3, 0.4) is 0 Å². The molecular weight excluding hydrogens is 336 g/mol. The van der Waals surface area contributed by atoms with E-state index >= 15 is 0 Å². The number of ether oxygens (including phenoxy) is 2. The SMILES string of the molecule is COc1ccc(NC(=S)NC(C)CC(C)(C)n2ccnc2)cc1OC. The van der Waals surface area contributed by atoms with Gasteiger partial charge in [-0.1, -0.05) is 0 Å². The molecule has 1 aromatic carbocycles. The molecule has 0 aliphatic carbocycles. The first kappa shape index (κ1) is 19.1. The molecule has 0 aliphatic rings. The van der Waals surface area contributed by atoms with Gasteiger partial charge in [0.25, 0.3) is 0 Å². The number of nitrogens with one attached hydrogen (secondary N) is 2. The van der Waals surface area contributed by atoms with Gasteiger partial charge in [-0.15, -0.1) is 0 Å². The summed E-state index contributed by atoms with van der Waals surface area (Å²) in [5, 5.41) is 7.08. The lowest BCUT2D eigenvalue weighted by Crippen LogP contribution is -2.41. The number of imidazole rings is 1. The molecule has 0 spiro atoms. The van der Waals surface area contributed by atoms with Crippen LogP contribution >= 0.6 is 12.2 Å². The normalized spacial score (nSPS) is 12.4. The summed E-state index contributed by atoms with van der Waals surface area (Å²) in [6.45, 7) is 6.47. The van der Waals surface area contributed by atoms with E-state index in [1.54, 1.807) is 20.4 Å². The molecule has 1 aromatic heterocycles. The first-order valence-corrected chi connectivity index (χ1v) is 8.54. The Kier molecular flexibility index (Phi) is 6.25. The number of thiocarbonyl (C=S) groups is 1. The maximum atomic E-state index is 5.43. The highest BCUT2D eigenvalue weighted by atomic mass is 32.1. The third-order valence-electron chi connectivity index (χ3n) is 4.03. The van der Waals surface area contributed by atoms with Crippen molar-refractivity contribution in [1.82, 2.24) is 14.9 Å². The van der Waals surface area contributed by atoms with E-state index in [4.69, 9.17) is 21.7 Å². The summed E-state index contributed by atoms with van der Waals surface area (Å²) in [6.07, 6.45) is 6.51. The van der Waals surface area contributed by atoms with E-state index in [-0.39, 0.29) is 11.6 Å². The van der Waals surface area contributed by atoms with E-state index in [1.807, 2.05) is 30.7 Å². The molecule has 2 rings (SSSR count). The quantitative estimate of drug-likeness (QED) is 0.736. The molecule has 6 nitrogen and oxygen atoms in total. The number of hydrogen-bond acceptors (Lipinski definition) is 4. The second-order valence-corrected chi connectivity index (χ2v) is 6.96. The molecule has 0 amide bonds. The van der Waals surface area contributed by atoms with Gasteiger partial charge in [-0.2, -0.15) is 0 Å². The molecule has 0 aliphatic heterocycles. The smallest absolute Gasteiger partial charge is 0.170 e. The van der Waals surface area contributed by atoms with E-state index in [0.29, 0.717) is 16.6 Å². The fourth-order valence-electron chi connectivity index (χ4n) is 2.83. The molecule has 2 N–H and O–H groups in total. The third-order valence-corrected chi connectivity index (χ3v) is 4.25. The number of nitrogens with zero attached hydrogens (tertiary/aromatic N) is 2. The molecule has 136 valence electrons. The molecule has 25 heavy (non-hydrogen) atoms. The highest BCUT2D eigenvalue weighted by Gasteiger charge is 2.23. The van der Waals surface area contributed by atoms with E-state index < -0.39 is 0 Å². The third kappa shape index (κ3) is 5.09. The van der Waals surface area contributed by atoms with Crippen LogP contribution in [0.25, 0.3) is 0 Å². The molecule has 1 heterocycles. The minimum absolute atomic E-state index is 0.0537. The van der Waals surface area contributed by atoms with Crippen LogP contribution in [-0.4, -0.2) is 34.9 Å². The van der Waals surface area contributed by atoms with E-state index in [0.717, 1.165) is 12.1 Å². The summed E-state index contributed by atoms with van der Waals surface area (Å²) in [5.41, 5.74) is 0.790. The largest absolute Gasteiger partial charge is 0.493 e. The highest BCUT2D eigenvalue weighted by Crippen LogP contribution is 2.29. The van der Waals surface area contributed by atoms with Gasteiger partial charge in [0.05, 0.1) is 20.5 Å². The summed E-state index contributed by atoms with van der Waals surface area (Å²) in [6, 6.07) is 5.79. The van der Waals surface area contributed by atoms with E-state index in [9.17, 15) is 0 Å². The van der Waals surface area contributed by atoms with Crippen molar-refractivity contribution in [2.45, 2.75) is 38.8 Å². The molecule has 0 bridgehead atoms. The summed E-state index contributed by atoms with van der Waals surface area (Å²) >= 11 is 5.43. The number of hydrogen-bond donors (Lipinski definition) is 2. The van der Waals surface area contributed by atoms with E-state index in [2.05, 4.69) is 41.0 Å². The first-order chi connectivity index (χ1) is 11.9. The number of anilines is 1. The Balaban J connectivity index is 1.93. The van der Waals surface area contributed by atoms with Gasteiger partial charge < -0.3 is 24.7 Å². The topological polar surface area (TPSA) is 60.3 Å². The van der Waals surface area contributed by atoms with Crippen LogP contribution in [0.15, 0.2) is 36.9 Å². The van der Waals surface area contributed by atoms with Crippen LogP contribution in [0.2, 0.25) is 0 Å². The second kappa shape index (κ2) is 8.20. The Morgan fingerprint density at radius 1 is 1.28 bits per heavy atom. The van der Waals surface area contributed by atoms with Crippen molar-refractivity contribution < 1.29 is 9.47 Å². The van der Waals surface area contributed by atoms with Crippen LogP contribution in [0.1, 0.15) is 27.2 Å². The minimum atomic E-state index is -0.0537. The van der Waals surface area contributed by atoms with Crippen molar-refractivity contribution in [1.29, 1.82) is 0 Å². The molecule has 1 unspecified atom stereocenters. The van der Waals surface area contributed by atoms with Crippen LogP contribution in [0.4, 0.5) is 5.69 Å². The van der Waals surface area contributed by atoms with Gasteiger partial charge in [0.15, 0.2) is 16.6 Å². The van der Waals surface area contributed by atoms with Crippen molar-refractivity contribution in [2.75, 3.05) is 19.5 Å². The van der Waals surface area contributed by atoms with Crippen molar-refractivity contribution in [3.05, 3.63) is 36.9 Å². The molecule has 0 radical (unpaired) electrons. The van der Waals surface area contributed by atoms with Gasteiger partial charge in [0.1, 0.15) is 0 Å². The molecule has 0 fully saturated rings. The minimum Gasteiger partial charge on any atom is -0.493 e. The Bertz CT molecular complexity index is 701. The average Bonchev–Trinajstić information content (AvgIpc) is 3.09. The summed E-state index contributed by atoms with van der Waals surface area (Å²) in [4.78, 5) is 4.13. The zero-order valence-corrected chi connectivity index (χ0v) is 16.2. The van der Waals surface area contributed by atoms with Crippen molar-refractivity contribution in [3.63, 3.8) is 0 Å². The maximum absolute atomic E-state index is 5.43. The first-order valence-electron chi connectivity index (χ1n) is 8.13. The average molecular weight is 362 g/mol. The monoisotopic (exact) mass is 362 g/mol. The molecule has 2 aromatic rings. The molecule has 0 saturated heterocycles. The van der Waals surface area contributed by atoms with Crippen molar-refractivity contribution >= 4 is 23.0 Å². The van der Waals surface area contributed by atoms with Gasteiger partial charge in [-0.3, -0.25) is 0 Å². The maximum Gasteiger partial charge on any atom is 0.170 e. The number of aromatic nitrogens is 2. The number of benzene rings is 1. The van der Waals surface area contributed by atoms with Gasteiger partial charge in [0.2, 0.25) is 0 Å². The van der Waals surface area contributed by atoms with Gasteiger partial charge in [-0.05, 0) is 51.5 Å². The van der Waals surface area contributed by atoms with Gasteiger partial charge >= 0.3 is 0 Å². The summed E-state index contributed by atoms with van der Waals surface area (Å²) in [5.74, 6) is 1.34. The van der Waals surface area contributed by atoms with Crippen molar-refractivity contribution in [2.24, 2.45) is 0 Å². The molecule has 0 saturated carbocycles. The fraction of sp³-hybridized carbons (Fsp3) is 0.444. The molecular formula is C18H26N4O2S. The predicted molar refractivity (Wildman–Crippen MR) is 105 cm³/mol. The fourth-order valence-corrected chi connectivity index (χ4v) is 3.15. The summed E-state index contributed by atoms with van der Waals surface area (Å²) < 4.78 is 12.7. The second-order valence-electron chi connectivity index (χ2n) is 6.56. The predicted octanol–water partition coefficient (Wildman–Crippen LogP) is 3.40. The van der Waals surface area contributed by atoms with Crippen LogP contribution in [0.5, 0.6) is 11.5 Å². The number of rotatable bonds is 7. The number of methoxy groups -OCH3 is 2. The van der Waals surface area contributed by atoms with Gasteiger partial charge in [-0.25, -0.2) is 4.98 Å².